The number of hydrogen-bond donors (Lipinski definition) is 2. The van der Waals surface area contributed by atoms with Crippen LogP contribution in [0.25, 0.3) is 0 Å². The Morgan fingerprint density at radius 1 is 1.12 bits per heavy atom. The van der Waals surface area contributed by atoms with Gasteiger partial charge in [-0.05, 0) is 73.5 Å². The topological polar surface area (TPSA) is 58.2 Å². The Bertz CT molecular complexity index is 1070. The Hall–Kier alpha value is -2.38. The first-order valence-corrected chi connectivity index (χ1v) is 12.1. The predicted molar refractivity (Wildman–Crippen MR) is 119 cm³/mol. The summed E-state index contributed by atoms with van der Waals surface area (Å²) in [6, 6.07) is 2.09. The molecule has 6 atom stereocenters. The molecule has 0 bridgehead atoms. The van der Waals surface area contributed by atoms with Crippen molar-refractivity contribution in [3.05, 3.63) is 41.4 Å². The fourth-order valence-corrected chi connectivity index (χ4v) is 7.59. The molecule has 0 aromatic heterocycles. The molecule has 5 rings (SSSR count). The molecule has 2 saturated carbocycles. The van der Waals surface area contributed by atoms with E-state index in [0.717, 1.165) is 44.0 Å². The van der Waals surface area contributed by atoms with Crippen molar-refractivity contribution in [2.45, 2.75) is 58.5 Å². The van der Waals surface area contributed by atoms with E-state index < -0.39 is 29.2 Å². The number of amides is 1. The maximum absolute atomic E-state index is 14.3. The predicted octanol–water partition coefficient (Wildman–Crippen LogP) is 5.70. The molecule has 0 spiro atoms. The molecular formula is C26H30F4N2O2. The first-order valence-electron chi connectivity index (χ1n) is 12.1. The minimum absolute atomic E-state index is 0.0698. The molecule has 1 aromatic rings. The molecule has 34 heavy (non-hydrogen) atoms. The van der Waals surface area contributed by atoms with Gasteiger partial charge in [-0.15, -0.1) is 0 Å². The Morgan fingerprint density at radius 2 is 1.88 bits per heavy atom. The van der Waals surface area contributed by atoms with Gasteiger partial charge in [-0.2, -0.15) is 13.2 Å². The number of carbonyl (C=O) groups excluding carboxylic acids is 2. The lowest BCUT2D eigenvalue weighted by Crippen LogP contribution is -2.57. The van der Waals surface area contributed by atoms with Crippen molar-refractivity contribution in [3.8, 4) is 0 Å². The molecule has 0 radical (unpaired) electrons. The van der Waals surface area contributed by atoms with Gasteiger partial charge in [0.05, 0.1) is 11.3 Å². The van der Waals surface area contributed by atoms with Gasteiger partial charge in [-0.25, -0.2) is 4.39 Å². The van der Waals surface area contributed by atoms with Gasteiger partial charge in [0.25, 0.3) is 0 Å². The normalized spacial score (nSPS) is 37.1. The molecule has 1 aliphatic heterocycles. The third kappa shape index (κ3) is 3.55. The smallest absolute Gasteiger partial charge is 0.387 e. The molecule has 2 N–H and O–H groups in total. The van der Waals surface area contributed by atoms with Gasteiger partial charge in [0.1, 0.15) is 5.82 Å². The number of rotatable bonds is 2. The summed E-state index contributed by atoms with van der Waals surface area (Å²) in [7, 11) is 0. The van der Waals surface area contributed by atoms with Gasteiger partial charge in [-0.3, -0.25) is 9.59 Å². The largest absolute Gasteiger partial charge is 0.416 e. The van der Waals surface area contributed by atoms with Crippen LogP contribution in [-0.2, 0) is 15.8 Å². The highest BCUT2D eigenvalue weighted by Gasteiger charge is 2.60. The summed E-state index contributed by atoms with van der Waals surface area (Å²) in [5, 5.41) is 5.99. The van der Waals surface area contributed by atoms with Crippen LogP contribution in [0.4, 0.5) is 23.2 Å². The van der Waals surface area contributed by atoms with E-state index in [1.807, 2.05) is 0 Å². The molecule has 1 unspecified atom stereocenters. The molecule has 1 heterocycles. The van der Waals surface area contributed by atoms with Crippen LogP contribution in [0.2, 0.25) is 0 Å². The number of halogens is 4. The summed E-state index contributed by atoms with van der Waals surface area (Å²) in [5.74, 6) is -0.424. The standard InChI is InChI=1S/C26H30F4N2O2/c1-24-10-8-18-16(13-31-22-12-15(33)7-9-25(18,22)2)17(24)4-5-19(24)23(34)32-21-11-14(26(28,29)30)3-6-20(21)27/h3,6,11-12,16-19,31H,4-5,7-10,13H2,1-2H3,(H,32,34)/t16-,17-,18+,19?,24-,25+/m0/s1. The fourth-order valence-electron chi connectivity index (χ4n) is 7.59. The van der Waals surface area contributed by atoms with Crippen molar-refractivity contribution < 1.29 is 27.2 Å². The van der Waals surface area contributed by atoms with E-state index in [4.69, 9.17) is 0 Å². The van der Waals surface area contributed by atoms with Crippen LogP contribution in [0, 0.1) is 40.3 Å². The molecule has 1 saturated heterocycles. The summed E-state index contributed by atoms with van der Waals surface area (Å²) in [5.41, 5.74) is -0.737. The number of benzene rings is 1. The molecule has 8 heteroatoms. The van der Waals surface area contributed by atoms with Gasteiger partial charge in [0.15, 0.2) is 5.78 Å². The summed E-state index contributed by atoms with van der Waals surface area (Å²) < 4.78 is 53.5. The summed E-state index contributed by atoms with van der Waals surface area (Å²) in [4.78, 5) is 25.2. The summed E-state index contributed by atoms with van der Waals surface area (Å²) >= 11 is 0. The van der Waals surface area contributed by atoms with Gasteiger partial charge in [0, 0.05) is 36.1 Å². The molecule has 1 amide bonds. The zero-order valence-corrected chi connectivity index (χ0v) is 19.4. The van der Waals surface area contributed by atoms with Gasteiger partial charge in [-0.1, -0.05) is 13.8 Å². The minimum atomic E-state index is -4.61. The number of allylic oxidation sites excluding steroid dienone is 2. The van der Waals surface area contributed by atoms with Gasteiger partial charge >= 0.3 is 6.18 Å². The van der Waals surface area contributed by atoms with Crippen molar-refractivity contribution in [1.82, 2.24) is 5.32 Å². The van der Waals surface area contributed by atoms with Crippen LogP contribution in [0.5, 0.6) is 0 Å². The number of carbonyl (C=O) groups is 2. The molecule has 4 aliphatic rings. The Morgan fingerprint density at radius 3 is 2.62 bits per heavy atom. The average molecular weight is 479 g/mol. The lowest BCUT2D eigenvalue weighted by Gasteiger charge is -2.58. The van der Waals surface area contributed by atoms with Crippen LogP contribution in [0.15, 0.2) is 30.0 Å². The van der Waals surface area contributed by atoms with E-state index in [1.165, 1.54) is 0 Å². The molecule has 1 aromatic carbocycles. The van der Waals surface area contributed by atoms with Crippen molar-refractivity contribution >= 4 is 17.4 Å². The van der Waals surface area contributed by atoms with Crippen molar-refractivity contribution in [2.24, 2.45) is 34.5 Å². The molecule has 3 aliphatic carbocycles. The van der Waals surface area contributed by atoms with E-state index in [0.29, 0.717) is 36.8 Å². The van der Waals surface area contributed by atoms with Crippen LogP contribution in [-0.4, -0.2) is 18.2 Å². The van der Waals surface area contributed by atoms with E-state index in [2.05, 4.69) is 24.5 Å². The first-order chi connectivity index (χ1) is 15.9. The number of fused-ring (bicyclic) bond motifs is 5. The first kappa shape index (κ1) is 23.4. The van der Waals surface area contributed by atoms with E-state index in [-0.39, 0.29) is 28.4 Å². The second kappa shape index (κ2) is 7.82. The van der Waals surface area contributed by atoms with Crippen LogP contribution in [0.3, 0.4) is 0 Å². The third-order valence-electron chi connectivity index (χ3n) is 9.46. The van der Waals surface area contributed by atoms with Gasteiger partial charge in [0.2, 0.25) is 5.91 Å². The summed E-state index contributed by atoms with van der Waals surface area (Å²) in [6.45, 7) is 5.12. The monoisotopic (exact) mass is 478 g/mol. The second-order valence-corrected chi connectivity index (χ2v) is 11.1. The van der Waals surface area contributed by atoms with Crippen molar-refractivity contribution in [1.29, 1.82) is 0 Å². The zero-order valence-electron chi connectivity index (χ0n) is 19.4. The van der Waals surface area contributed by atoms with E-state index >= 15 is 0 Å². The number of ketones is 1. The third-order valence-corrected chi connectivity index (χ3v) is 9.46. The SMILES string of the molecule is C[C@]12CCC(=O)C=C1NC[C@@H]1[C@H]2CC[C@]2(C)C(C(=O)Nc3cc(C(F)(F)F)ccc3F)CC[C@@H]12. The lowest BCUT2D eigenvalue weighted by molar-refractivity contribution is -0.137. The molecule has 184 valence electrons. The maximum atomic E-state index is 14.3. The highest BCUT2D eigenvalue weighted by molar-refractivity contribution is 5.93. The number of anilines is 1. The second-order valence-electron chi connectivity index (χ2n) is 11.1. The molecule has 3 fully saturated rings. The number of alkyl halides is 3. The molecule has 4 nitrogen and oxygen atoms in total. The zero-order chi connectivity index (χ0) is 24.5. The highest BCUT2D eigenvalue weighted by Crippen LogP contribution is 2.64. The quantitative estimate of drug-likeness (QED) is 0.537. The van der Waals surface area contributed by atoms with Crippen LogP contribution < -0.4 is 10.6 Å². The Labute approximate surface area is 196 Å². The Balaban J connectivity index is 1.37. The summed E-state index contributed by atoms with van der Waals surface area (Å²) in [6.07, 6.45) is 1.79. The fraction of sp³-hybridized carbons (Fsp3) is 0.615. The highest BCUT2D eigenvalue weighted by atomic mass is 19.4. The van der Waals surface area contributed by atoms with E-state index in [9.17, 15) is 27.2 Å². The van der Waals surface area contributed by atoms with Gasteiger partial charge < -0.3 is 10.6 Å². The maximum Gasteiger partial charge on any atom is 0.416 e. The van der Waals surface area contributed by atoms with Crippen molar-refractivity contribution in [3.63, 3.8) is 0 Å². The Kier molecular flexibility index (Phi) is 5.37. The average Bonchev–Trinajstić information content (AvgIpc) is 3.12. The van der Waals surface area contributed by atoms with Crippen LogP contribution >= 0.6 is 0 Å². The minimum Gasteiger partial charge on any atom is -0.387 e. The van der Waals surface area contributed by atoms with E-state index in [1.54, 1.807) is 6.08 Å². The van der Waals surface area contributed by atoms with Crippen LogP contribution in [0.1, 0.15) is 57.9 Å². The number of nitrogens with one attached hydrogen (secondary N) is 2. The number of piperidine rings is 1. The molecular weight excluding hydrogens is 448 g/mol. The number of hydrogen-bond acceptors (Lipinski definition) is 3. The van der Waals surface area contributed by atoms with Crippen molar-refractivity contribution in [2.75, 3.05) is 11.9 Å². The lowest BCUT2D eigenvalue weighted by atomic mass is 9.50.